The van der Waals surface area contributed by atoms with Crippen molar-refractivity contribution in [1.29, 1.82) is 0 Å². The second kappa shape index (κ2) is 7.30. The fourth-order valence-corrected chi connectivity index (χ4v) is 4.44. The van der Waals surface area contributed by atoms with Crippen LogP contribution < -0.4 is 5.32 Å². The zero-order chi connectivity index (χ0) is 18.9. The van der Waals surface area contributed by atoms with Gasteiger partial charge in [-0.25, -0.2) is 17.2 Å². The maximum Gasteiger partial charge on any atom is 0.257 e. The van der Waals surface area contributed by atoms with Crippen molar-refractivity contribution in [3.8, 4) is 0 Å². The molecule has 1 aliphatic heterocycles. The molecule has 0 aromatic heterocycles. The van der Waals surface area contributed by atoms with E-state index in [1.807, 2.05) is 0 Å². The number of hydrogen-bond acceptors (Lipinski definition) is 3. The number of anilines is 1. The summed E-state index contributed by atoms with van der Waals surface area (Å²) in [5.41, 5.74) is -0.351. The normalized spacial score (nSPS) is 15.2. The first kappa shape index (κ1) is 18.8. The SMILES string of the molecule is O=C(Nc1ccc(F)cc1F)c1cc(S(=O)(=O)N2CCCC2)ccc1Cl. The Bertz CT molecular complexity index is 960. The molecule has 0 aliphatic carbocycles. The van der Waals surface area contributed by atoms with Gasteiger partial charge in [-0.15, -0.1) is 0 Å². The van der Waals surface area contributed by atoms with Crippen molar-refractivity contribution in [2.45, 2.75) is 17.7 Å². The quantitative estimate of drug-likeness (QED) is 0.851. The molecule has 3 rings (SSSR count). The molecule has 138 valence electrons. The van der Waals surface area contributed by atoms with Gasteiger partial charge in [0, 0.05) is 19.2 Å². The number of sulfonamides is 1. The van der Waals surface area contributed by atoms with E-state index in [2.05, 4.69) is 5.32 Å². The van der Waals surface area contributed by atoms with Gasteiger partial charge in [0.15, 0.2) is 0 Å². The number of nitrogens with one attached hydrogen (secondary N) is 1. The van der Waals surface area contributed by atoms with Crippen LogP contribution in [-0.4, -0.2) is 31.7 Å². The second-order valence-corrected chi connectivity index (χ2v) is 8.18. The van der Waals surface area contributed by atoms with Crippen molar-refractivity contribution in [2.75, 3.05) is 18.4 Å². The third-order valence-electron chi connectivity index (χ3n) is 4.06. The minimum absolute atomic E-state index is 0.0189. The Labute approximate surface area is 154 Å². The predicted molar refractivity (Wildman–Crippen MR) is 93.8 cm³/mol. The number of halogens is 3. The molecule has 0 atom stereocenters. The third-order valence-corrected chi connectivity index (χ3v) is 6.29. The molecule has 0 spiro atoms. The molecule has 1 amide bonds. The summed E-state index contributed by atoms with van der Waals surface area (Å²) < 4.78 is 53.3. The van der Waals surface area contributed by atoms with Crippen LogP contribution in [0.2, 0.25) is 5.02 Å². The summed E-state index contributed by atoms with van der Waals surface area (Å²) in [6.45, 7) is 0.848. The van der Waals surface area contributed by atoms with E-state index in [-0.39, 0.29) is 21.2 Å². The lowest BCUT2D eigenvalue weighted by atomic mass is 10.2. The zero-order valence-electron chi connectivity index (χ0n) is 13.5. The third kappa shape index (κ3) is 3.72. The number of carbonyl (C=O) groups is 1. The molecule has 1 fully saturated rings. The van der Waals surface area contributed by atoms with Crippen LogP contribution in [0.15, 0.2) is 41.3 Å². The number of carbonyl (C=O) groups excluding carboxylic acids is 1. The van der Waals surface area contributed by atoms with Crippen LogP contribution in [0.25, 0.3) is 0 Å². The Balaban J connectivity index is 1.91. The first-order chi connectivity index (χ1) is 12.3. The number of nitrogens with zero attached hydrogens (tertiary/aromatic N) is 1. The van der Waals surface area contributed by atoms with E-state index < -0.39 is 27.6 Å². The van der Waals surface area contributed by atoms with Crippen molar-refractivity contribution in [1.82, 2.24) is 4.31 Å². The summed E-state index contributed by atoms with van der Waals surface area (Å²) in [4.78, 5) is 12.3. The van der Waals surface area contributed by atoms with Crippen LogP contribution in [0.1, 0.15) is 23.2 Å². The summed E-state index contributed by atoms with van der Waals surface area (Å²) in [6, 6.07) is 6.49. The smallest absolute Gasteiger partial charge is 0.257 e. The molecule has 0 saturated carbocycles. The van der Waals surface area contributed by atoms with Crippen molar-refractivity contribution >= 4 is 33.2 Å². The van der Waals surface area contributed by atoms with E-state index in [9.17, 15) is 22.0 Å². The van der Waals surface area contributed by atoms with Gasteiger partial charge in [0.25, 0.3) is 5.91 Å². The first-order valence-corrected chi connectivity index (χ1v) is 9.67. The van der Waals surface area contributed by atoms with Crippen molar-refractivity contribution in [3.05, 3.63) is 58.6 Å². The Hall–Kier alpha value is -2.03. The zero-order valence-corrected chi connectivity index (χ0v) is 15.1. The molecule has 1 aliphatic rings. The highest BCUT2D eigenvalue weighted by Crippen LogP contribution is 2.26. The van der Waals surface area contributed by atoms with E-state index in [1.165, 1.54) is 16.4 Å². The molecule has 1 heterocycles. The first-order valence-electron chi connectivity index (χ1n) is 7.85. The molecular formula is C17H15ClF2N2O3S. The van der Waals surface area contributed by atoms with Crippen LogP contribution in [0.4, 0.5) is 14.5 Å². The minimum atomic E-state index is -3.73. The maximum atomic E-state index is 13.7. The van der Waals surface area contributed by atoms with Crippen LogP contribution in [0.5, 0.6) is 0 Å². The summed E-state index contributed by atoms with van der Waals surface area (Å²) in [5.74, 6) is -2.52. The van der Waals surface area contributed by atoms with Gasteiger partial charge < -0.3 is 5.32 Å². The van der Waals surface area contributed by atoms with Crippen LogP contribution in [-0.2, 0) is 10.0 Å². The molecule has 0 unspecified atom stereocenters. The van der Waals surface area contributed by atoms with E-state index in [1.54, 1.807) is 0 Å². The number of rotatable bonds is 4. The fraction of sp³-hybridized carbons (Fsp3) is 0.235. The summed E-state index contributed by atoms with van der Waals surface area (Å²) in [7, 11) is -3.73. The molecule has 26 heavy (non-hydrogen) atoms. The lowest BCUT2D eigenvalue weighted by Gasteiger charge is -2.16. The Morgan fingerprint density at radius 3 is 2.42 bits per heavy atom. The van der Waals surface area contributed by atoms with Gasteiger partial charge in [-0.1, -0.05) is 11.6 Å². The molecule has 0 bridgehead atoms. The van der Waals surface area contributed by atoms with E-state index >= 15 is 0 Å². The average Bonchev–Trinajstić information content (AvgIpc) is 3.13. The second-order valence-electron chi connectivity index (χ2n) is 5.83. The van der Waals surface area contributed by atoms with Gasteiger partial charge >= 0.3 is 0 Å². The van der Waals surface area contributed by atoms with Gasteiger partial charge in [-0.3, -0.25) is 4.79 Å². The van der Waals surface area contributed by atoms with Crippen molar-refractivity contribution < 1.29 is 22.0 Å². The molecule has 1 N–H and O–H groups in total. The van der Waals surface area contributed by atoms with E-state index in [4.69, 9.17) is 11.6 Å². The lowest BCUT2D eigenvalue weighted by Crippen LogP contribution is -2.28. The Kier molecular flexibility index (Phi) is 5.27. The Morgan fingerprint density at radius 1 is 1.08 bits per heavy atom. The maximum absolute atomic E-state index is 13.7. The van der Waals surface area contributed by atoms with Gasteiger partial charge in [0.2, 0.25) is 10.0 Å². The van der Waals surface area contributed by atoms with Gasteiger partial charge in [0.1, 0.15) is 11.6 Å². The highest BCUT2D eigenvalue weighted by molar-refractivity contribution is 7.89. The molecule has 2 aromatic rings. The van der Waals surface area contributed by atoms with Crippen LogP contribution >= 0.6 is 11.6 Å². The lowest BCUT2D eigenvalue weighted by molar-refractivity contribution is 0.102. The van der Waals surface area contributed by atoms with Crippen LogP contribution in [0.3, 0.4) is 0 Å². The molecule has 5 nitrogen and oxygen atoms in total. The number of hydrogen-bond donors (Lipinski definition) is 1. The molecule has 9 heteroatoms. The number of benzene rings is 2. The topological polar surface area (TPSA) is 66.5 Å². The average molecular weight is 401 g/mol. The summed E-state index contributed by atoms with van der Waals surface area (Å²) >= 11 is 6.01. The molecule has 1 saturated heterocycles. The standard InChI is InChI=1S/C17H15ClF2N2O3S/c18-14-5-4-12(26(24,25)22-7-1-2-8-22)10-13(14)17(23)21-16-6-3-11(19)9-15(16)20/h3-6,9-10H,1-2,7-8H2,(H,21,23). The largest absolute Gasteiger partial charge is 0.319 e. The summed E-state index contributed by atoms with van der Waals surface area (Å²) in [5, 5.41) is 2.29. The highest BCUT2D eigenvalue weighted by Gasteiger charge is 2.28. The molecule has 2 aromatic carbocycles. The predicted octanol–water partition coefficient (Wildman–Crippen LogP) is 3.66. The van der Waals surface area contributed by atoms with Crippen molar-refractivity contribution in [2.24, 2.45) is 0 Å². The molecule has 0 radical (unpaired) electrons. The van der Waals surface area contributed by atoms with Crippen LogP contribution in [0, 0.1) is 11.6 Å². The van der Waals surface area contributed by atoms with Gasteiger partial charge in [-0.05, 0) is 43.2 Å². The van der Waals surface area contributed by atoms with Gasteiger partial charge in [-0.2, -0.15) is 4.31 Å². The monoisotopic (exact) mass is 400 g/mol. The van der Waals surface area contributed by atoms with E-state index in [0.717, 1.165) is 31.0 Å². The number of amides is 1. The van der Waals surface area contributed by atoms with Gasteiger partial charge in [0.05, 0.1) is 21.2 Å². The molecular weight excluding hydrogens is 386 g/mol. The summed E-state index contributed by atoms with van der Waals surface area (Å²) in [6.07, 6.45) is 1.56. The minimum Gasteiger partial charge on any atom is -0.319 e. The Morgan fingerprint density at radius 2 is 1.77 bits per heavy atom. The highest BCUT2D eigenvalue weighted by atomic mass is 35.5. The van der Waals surface area contributed by atoms with E-state index in [0.29, 0.717) is 19.2 Å². The fourth-order valence-electron chi connectivity index (χ4n) is 2.70. The van der Waals surface area contributed by atoms with Crippen molar-refractivity contribution in [3.63, 3.8) is 0 Å².